The Morgan fingerprint density at radius 2 is 1.91 bits per heavy atom. The van der Waals surface area contributed by atoms with Crippen LogP contribution in [-0.4, -0.2) is 40.7 Å². The van der Waals surface area contributed by atoms with Gasteiger partial charge in [-0.25, -0.2) is 4.79 Å². The number of benzene rings is 1. The van der Waals surface area contributed by atoms with Gasteiger partial charge in [0.1, 0.15) is 12.1 Å². The average Bonchev–Trinajstić information content (AvgIpc) is 2.50. The normalized spacial score (nSPS) is 13.2. The molecule has 0 heterocycles. The standard InChI is InChI=1S/C13H17N3O6/c14-7-1-2-10(11(15)12(17)18)22-13(19)8-3-5-9(6-4-8)16(20)21/h3-6,10-11H,1-2,7,14-15H2,(H,17,18)/t10?,11-/m0/s1. The lowest BCUT2D eigenvalue weighted by Gasteiger charge is -2.21. The summed E-state index contributed by atoms with van der Waals surface area (Å²) >= 11 is 0. The number of esters is 1. The number of nitro benzene ring substituents is 1. The molecule has 0 saturated heterocycles. The third kappa shape index (κ3) is 4.79. The Morgan fingerprint density at radius 3 is 2.36 bits per heavy atom. The highest BCUT2D eigenvalue weighted by atomic mass is 16.6. The first kappa shape index (κ1) is 17.5. The molecule has 1 unspecified atom stereocenters. The Kier molecular flexibility index (Phi) is 6.42. The fourth-order valence-corrected chi connectivity index (χ4v) is 1.71. The molecule has 0 spiro atoms. The van der Waals surface area contributed by atoms with Crippen LogP contribution in [0.2, 0.25) is 0 Å². The number of non-ortho nitro benzene ring substituents is 1. The Morgan fingerprint density at radius 1 is 1.32 bits per heavy atom. The Labute approximate surface area is 126 Å². The largest absolute Gasteiger partial charge is 0.480 e. The topological polar surface area (TPSA) is 159 Å². The highest BCUT2D eigenvalue weighted by Crippen LogP contribution is 2.15. The fraction of sp³-hybridized carbons (Fsp3) is 0.385. The summed E-state index contributed by atoms with van der Waals surface area (Å²) in [5.41, 5.74) is 10.7. The van der Waals surface area contributed by atoms with Crippen LogP contribution in [0.4, 0.5) is 5.69 Å². The third-order valence-corrected chi connectivity index (χ3v) is 2.95. The van der Waals surface area contributed by atoms with E-state index in [-0.39, 0.29) is 17.7 Å². The van der Waals surface area contributed by atoms with Gasteiger partial charge in [-0.05, 0) is 31.5 Å². The van der Waals surface area contributed by atoms with Gasteiger partial charge in [-0.3, -0.25) is 14.9 Å². The first-order valence-electron chi connectivity index (χ1n) is 6.50. The molecule has 0 aliphatic carbocycles. The maximum Gasteiger partial charge on any atom is 0.338 e. The van der Waals surface area contributed by atoms with E-state index in [1.54, 1.807) is 0 Å². The average molecular weight is 311 g/mol. The summed E-state index contributed by atoms with van der Waals surface area (Å²) in [5.74, 6) is -2.09. The van der Waals surface area contributed by atoms with Crippen LogP contribution in [0, 0.1) is 10.1 Å². The molecule has 2 atom stereocenters. The minimum atomic E-state index is -1.37. The van der Waals surface area contributed by atoms with Gasteiger partial charge in [0.05, 0.1) is 10.5 Å². The molecule has 5 N–H and O–H groups in total. The molecule has 0 amide bonds. The Hall–Kier alpha value is -2.52. The van der Waals surface area contributed by atoms with Crippen molar-refractivity contribution in [1.82, 2.24) is 0 Å². The van der Waals surface area contributed by atoms with Gasteiger partial charge in [-0.1, -0.05) is 0 Å². The molecule has 0 bridgehead atoms. The number of carbonyl (C=O) groups excluding carboxylic acids is 1. The van der Waals surface area contributed by atoms with Crippen molar-refractivity contribution in [3.05, 3.63) is 39.9 Å². The maximum atomic E-state index is 12.0. The SMILES string of the molecule is NCCCC(OC(=O)c1ccc([N+](=O)[O-])cc1)[C@H](N)C(=O)O. The molecule has 0 aromatic heterocycles. The summed E-state index contributed by atoms with van der Waals surface area (Å²) in [6.45, 7) is 0.303. The van der Waals surface area contributed by atoms with E-state index in [1.165, 1.54) is 12.1 Å². The number of aliphatic carboxylic acids is 1. The van der Waals surface area contributed by atoms with Crippen LogP contribution in [0.1, 0.15) is 23.2 Å². The number of nitrogens with two attached hydrogens (primary N) is 2. The van der Waals surface area contributed by atoms with Crippen molar-refractivity contribution in [3.63, 3.8) is 0 Å². The summed E-state index contributed by atoms with van der Waals surface area (Å²) in [7, 11) is 0. The van der Waals surface area contributed by atoms with Crippen molar-refractivity contribution in [2.45, 2.75) is 25.0 Å². The van der Waals surface area contributed by atoms with Crippen LogP contribution in [0.5, 0.6) is 0 Å². The summed E-state index contributed by atoms with van der Waals surface area (Å²) in [6, 6.07) is 3.40. The predicted molar refractivity (Wildman–Crippen MR) is 76.2 cm³/mol. The van der Waals surface area contributed by atoms with Gasteiger partial charge in [0, 0.05) is 12.1 Å². The van der Waals surface area contributed by atoms with Crippen LogP contribution in [0.15, 0.2) is 24.3 Å². The smallest absolute Gasteiger partial charge is 0.338 e. The highest BCUT2D eigenvalue weighted by molar-refractivity contribution is 5.90. The molecule has 0 saturated carbocycles. The number of rotatable bonds is 8. The third-order valence-electron chi connectivity index (χ3n) is 2.95. The van der Waals surface area contributed by atoms with Gasteiger partial charge in [-0.2, -0.15) is 0 Å². The zero-order chi connectivity index (χ0) is 16.7. The molecule has 1 aromatic rings. The van der Waals surface area contributed by atoms with Gasteiger partial charge in [0.25, 0.3) is 5.69 Å². The number of hydrogen-bond donors (Lipinski definition) is 3. The zero-order valence-corrected chi connectivity index (χ0v) is 11.7. The van der Waals surface area contributed by atoms with Crippen LogP contribution in [0.25, 0.3) is 0 Å². The second-order valence-electron chi connectivity index (χ2n) is 4.54. The predicted octanol–water partition coefficient (Wildman–Crippen LogP) is 0.271. The summed E-state index contributed by atoms with van der Waals surface area (Å²) in [4.78, 5) is 32.8. The van der Waals surface area contributed by atoms with Gasteiger partial charge >= 0.3 is 11.9 Å². The van der Waals surface area contributed by atoms with E-state index in [2.05, 4.69) is 0 Å². The summed E-state index contributed by atoms with van der Waals surface area (Å²) < 4.78 is 5.09. The number of carboxylic acids is 1. The minimum absolute atomic E-state index is 0.0703. The van der Waals surface area contributed by atoms with Crippen molar-refractivity contribution < 1.29 is 24.4 Å². The lowest BCUT2D eigenvalue weighted by molar-refractivity contribution is -0.384. The molecular formula is C13H17N3O6. The number of carboxylic acid groups (broad SMARTS) is 1. The van der Waals surface area contributed by atoms with E-state index in [9.17, 15) is 19.7 Å². The second kappa shape index (κ2) is 8.05. The van der Waals surface area contributed by atoms with Crippen LogP contribution >= 0.6 is 0 Å². The monoisotopic (exact) mass is 311 g/mol. The molecule has 22 heavy (non-hydrogen) atoms. The van der Waals surface area contributed by atoms with Crippen molar-refractivity contribution >= 4 is 17.6 Å². The summed E-state index contributed by atoms with van der Waals surface area (Å²) in [6.07, 6.45) is -0.370. The number of ether oxygens (including phenoxy) is 1. The molecule has 0 aliphatic heterocycles. The minimum Gasteiger partial charge on any atom is -0.480 e. The number of nitrogens with zero attached hydrogens (tertiary/aromatic N) is 1. The van der Waals surface area contributed by atoms with E-state index < -0.39 is 29.0 Å². The molecule has 0 fully saturated rings. The van der Waals surface area contributed by atoms with E-state index in [1.807, 2.05) is 0 Å². The lowest BCUT2D eigenvalue weighted by Crippen LogP contribution is -2.44. The van der Waals surface area contributed by atoms with E-state index in [0.717, 1.165) is 12.1 Å². The zero-order valence-electron chi connectivity index (χ0n) is 11.7. The molecule has 9 nitrogen and oxygen atoms in total. The first-order chi connectivity index (χ1) is 10.4. The molecule has 9 heteroatoms. The molecule has 0 radical (unpaired) electrons. The fourth-order valence-electron chi connectivity index (χ4n) is 1.71. The van der Waals surface area contributed by atoms with Gasteiger partial charge in [0.2, 0.25) is 0 Å². The van der Waals surface area contributed by atoms with Crippen LogP contribution in [0.3, 0.4) is 0 Å². The van der Waals surface area contributed by atoms with Crippen molar-refractivity contribution in [2.75, 3.05) is 6.54 Å². The van der Waals surface area contributed by atoms with Crippen molar-refractivity contribution in [3.8, 4) is 0 Å². The molecule has 0 aliphatic rings. The van der Waals surface area contributed by atoms with Crippen molar-refractivity contribution in [1.29, 1.82) is 0 Å². The molecule has 1 aromatic carbocycles. The molecule has 1 rings (SSSR count). The Balaban J connectivity index is 2.80. The van der Waals surface area contributed by atoms with E-state index in [4.69, 9.17) is 21.3 Å². The maximum absolute atomic E-state index is 12.0. The number of nitro groups is 1. The lowest BCUT2D eigenvalue weighted by atomic mass is 10.1. The van der Waals surface area contributed by atoms with E-state index >= 15 is 0 Å². The first-order valence-corrected chi connectivity index (χ1v) is 6.50. The summed E-state index contributed by atoms with van der Waals surface area (Å²) in [5, 5.41) is 19.4. The Bertz CT molecular complexity index is 545. The number of hydrogen-bond acceptors (Lipinski definition) is 7. The quantitative estimate of drug-likeness (QED) is 0.350. The van der Waals surface area contributed by atoms with Gasteiger partial charge in [-0.15, -0.1) is 0 Å². The molecular weight excluding hydrogens is 294 g/mol. The van der Waals surface area contributed by atoms with Crippen molar-refractivity contribution in [2.24, 2.45) is 11.5 Å². The second-order valence-corrected chi connectivity index (χ2v) is 4.54. The van der Waals surface area contributed by atoms with Crippen LogP contribution < -0.4 is 11.5 Å². The molecule has 120 valence electrons. The van der Waals surface area contributed by atoms with Crippen LogP contribution in [-0.2, 0) is 9.53 Å². The highest BCUT2D eigenvalue weighted by Gasteiger charge is 2.28. The number of carbonyl (C=O) groups is 2. The van der Waals surface area contributed by atoms with Gasteiger partial charge in [0.15, 0.2) is 0 Å². The van der Waals surface area contributed by atoms with E-state index in [0.29, 0.717) is 13.0 Å². The van der Waals surface area contributed by atoms with Gasteiger partial charge < -0.3 is 21.3 Å².